The Bertz CT molecular complexity index is 448. The van der Waals surface area contributed by atoms with Crippen molar-refractivity contribution < 1.29 is 9.59 Å². The van der Waals surface area contributed by atoms with E-state index in [1.807, 2.05) is 24.0 Å². The normalized spacial score (nSPS) is 15.1. The second kappa shape index (κ2) is 6.36. The second-order valence-corrected chi connectivity index (χ2v) is 4.99. The molecule has 0 atom stereocenters. The Hall–Kier alpha value is -1.84. The highest BCUT2D eigenvalue weighted by Crippen LogP contribution is 2.08. The predicted octanol–water partition coefficient (Wildman–Crippen LogP) is 1.74. The molecule has 1 heterocycles. The molecule has 4 heteroatoms. The lowest BCUT2D eigenvalue weighted by atomic mass is 10.1. The van der Waals surface area contributed by atoms with Crippen molar-refractivity contribution in [2.24, 2.45) is 0 Å². The van der Waals surface area contributed by atoms with Gasteiger partial charge in [-0.3, -0.25) is 9.59 Å². The molecule has 0 spiro atoms. The maximum absolute atomic E-state index is 11.9. The zero-order valence-corrected chi connectivity index (χ0v) is 11.3. The van der Waals surface area contributed by atoms with Gasteiger partial charge in [-0.25, -0.2) is 0 Å². The number of aryl methyl sites for hydroxylation is 1. The third kappa shape index (κ3) is 3.81. The summed E-state index contributed by atoms with van der Waals surface area (Å²) in [6.07, 6.45) is 3.33. The highest BCUT2D eigenvalue weighted by atomic mass is 16.2. The molecule has 1 aromatic rings. The van der Waals surface area contributed by atoms with Gasteiger partial charge in [-0.05, 0) is 38.3 Å². The van der Waals surface area contributed by atoms with E-state index >= 15 is 0 Å². The summed E-state index contributed by atoms with van der Waals surface area (Å²) in [5.74, 6) is -0.175. The lowest BCUT2D eigenvalue weighted by Crippen LogP contribution is -2.42. The minimum atomic E-state index is -0.189. The molecular weight excluding hydrogens is 240 g/mol. The maximum atomic E-state index is 11.9. The first-order valence-electron chi connectivity index (χ1n) is 6.79. The number of likely N-dealkylation sites (tertiary alicyclic amines) is 1. The van der Waals surface area contributed by atoms with E-state index in [0.29, 0.717) is 5.56 Å². The van der Waals surface area contributed by atoms with Crippen molar-refractivity contribution in [2.75, 3.05) is 19.6 Å². The zero-order valence-electron chi connectivity index (χ0n) is 11.3. The fourth-order valence-corrected chi connectivity index (χ4v) is 2.22. The van der Waals surface area contributed by atoms with E-state index in [9.17, 15) is 9.59 Å². The number of amides is 2. The standard InChI is InChI=1S/C15H20N2O2/c1-12-5-7-13(8-6-12)15(19)16-11-14(18)17-9-3-2-4-10-17/h5-8H,2-4,9-11H2,1H3,(H,16,19). The van der Waals surface area contributed by atoms with Crippen LogP contribution in [0, 0.1) is 6.92 Å². The Morgan fingerprint density at radius 1 is 1.11 bits per heavy atom. The number of hydrogen-bond donors (Lipinski definition) is 1. The quantitative estimate of drug-likeness (QED) is 0.900. The molecule has 102 valence electrons. The fourth-order valence-electron chi connectivity index (χ4n) is 2.22. The van der Waals surface area contributed by atoms with Gasteiger partial charge in [0.1, 0.15) is 0 Å². The van der Waals surface area contributed by atoms with Crippen LogP contribution in [0.2, 0.25) is 0 Å². The van der Waals surface area contributed by atoms with E-state index in [2.05, 4.69) is 5.32 Å². The topological polar surface area (TPSA) is 49.4 Å². The summed E-state index contributed by atoms with van der Waals surface area (Å²) in [5, 5.41) is 2.69. The van der Waals surface area contributed by atoms with Crippen LogP contribution in [0.4, 0.5) is 0 Å². The minimum Gasteiger partial charge on any atom is -0.343 e. The molecule has 0 unspecified atom stereocenters. The summed E-state index contributed by atoms with van der Waals surface area (Å²) in [7, 11) is 0. The number of nitrogens with zero attached hydrogens (tertiary/aromatic N) is 1. The summed E-state index contributed by atoms with van der Waals surface area (Å²) < 4.78 is 0. The summed E-state index contributed by atoms with van der Waals surface area (Å²) >= 11 is 0. The predicted molar refractivity (Wildman–Crippen MR) is 73.9 cm³/mol. The van der Waals surface area contributed by atoms with Crippen LogP contribution in [-0.2, 0) is 4.79 Å². The Morgan fingerprint density at radius 3 is 2.37 bits per heavy atom. The lowest BCUT2D eigenvalue weighted by Gasteiger charge is -2.26. The Kier molecular flexibility index (Phi) is 4.55. The highest BCUT2D eigenvalue weighted by Gasteiger charge is 2.17. The van der Waals surface area contributed by atoms with Crippen molar-refractivity contribution in [3.63, 3.8) is 0 Å². The van der Waals surface area contributed by atoms with Crippen LogP contribution in [0.25, 0.3) is 0 Å². The van der Waals surface area contributed by atoms with Crippen molar-refractivity contribution in [3.05, 3.63) is 35.4 Å². The van der Waals surface area contributed by atoms with Crippen LogP contribution in [0.1, 0.15) is 35.2 Å². The average molecular weight is 260 g/mol. The Balaban J connectivity index is 1.82. The van der Waals surface area contributed by atoms with E-state index in [1.165, 1.54) is 6.42 Å². The monoisotopic (exact) mass is 260 g/mol. The number of carbonyl (C=O) groups excluding carboxylic acids is 2. The first kappa shape index (κ1) is 13.6. The number of benzene rings is 1. The first-order valence-corrected chi connectivity index (χ1v) is 6.79. The van der Waals surface area contributed by atoms with Crippen molar-refractivity contribution in [1.82, 2.24) is 10.2 Å². The van der Waals surface area contributed by atoms with Gasteiger partial charge in [-0.1, -0.05) is 17.7 Å². The van der Waals surface area contributed by atoms with Crippen LogP contribution < -0.4 is 5.32 Å². The smallest absolute Gasteiger partial charge is 0.251 e. The molecule has 1 aliphatic rings. The van der Waals surface area contributed by atoms with Crippen molar-refractivity contribution in [3.8, 4) is 0 Å². The Morgan fingerprint density at radius 2 is 1.74 bits per heavy atom. The fraction of sp³-hybridized carbons (Fsp3) is 0.467. The van der Waals surface area contributed by atoms with E-state index in [0.717, 1.165) is 31.5 Å². The van der Waals surface area contributed by atoms with Crippen LogP contribution >= 0.6 is 0 Å². The zero-order chi connectivity index (χ0) is 13.7. The van der Waals surface area contributed by atoms with Crippen LogP contribution in [0.5, 0.6) is 0 Å². The summed E-state index contributed by atoms with van der Waals surface area (Å²) in [6.45, 7) is 3.70. The molecule has 1 aromatic carbocycles. The summed E-state index contributed by atoms with van der Waals surface area (Å²) in [4.78, 5) is 25.6. The van der Waals surface area contributed by atoms with Gasteiger partial charge in [-0.15, -0.1) is 0 Å². The summed E-state index contributed by atoms with van der Waals surface area (Å²) in [6, 6.07) is 7.33. The molecule has 0 bridgehead atoms. The maximum Gasteiger partial charge on any atom is 0.251 e. The van der Waals surface area contributed by atoms with Crippen molar-refractivity contribution in [1.29, 1.82) is 0 Å². The minimum absolute atomic E-state index is 0.0140. The number of rotatable bonds is 3. The SMILES string of the molecule is Cc1ccc(C(=O)NCC(=O)N2CCCCC2)cc1. The molecule has 0 radical (unpaired) electrons. The van der Waals surface area contributed by atoms with E-state index in [4.69, 9.17) is 0 Å². The van der Waals surface area contributed by atoms with Crippen LogP contribution in [-0.4, -0.2) is 36.3 Å². The van der Waals surface area contributed by atoms with Gasteiger partial charge in [0.05, 0.1) is 6.54 Å². The molecule has 0 saturated carbocycles. The largest absolute Gasteiger partial charge is 0.343 e. The molecule has 2 rings (SSSR count). The van der Waals surface area contributed by atoms with Crippen LogP contribution in [0.3, 0.4) is 0 Å². The molecule has 1 saturated heterocycles. The van der Waals surface area contributed by atoms with Gasteiger partial charge in [0.15, 0.2) is 0 Å². The molecule has 1 aliphatic heterocycles. The molecule has 4 nitrogen and oxygen atoms in total. The summed E-state index contributed by atoms with van der Waals surface area (Å²) in [5.41, 5.74) is 1.71. The molecular formula is C15H20N2O2. The van der Waals surface area contributed by atoms with Gasteiger partial charge in [0.2, 0.25) is 5.91 Å². The molecule has 1 fully saturated rings. The molecule has 1 N–H and O–H groups in total. The molecule has 19 heavy (non-hydrogen) atoms. The molecule has 2 amide bonds. The second-order valence-electron chi connectivity index (χ2n) is 4.99. The first-order chi connectivity index (χ1) is 9.16. The molecule has 0 aliphatic carbocycles. The molecule has 0 aromatic heterocycles. The van der Waals surface area contributed by atoms with E-state index < -0.39 is 0 Å². The Labute approximate surface area is 113 Å². The number of nitrogens with one attached hydrogen (secondary N) is 1. The van der Waals surface area contributed by atoms with Crippen LogP contribution in [0.15, 0.2) is 24.3 Å². The number of carbonyl (C=O) groups is 2. The van der Waals surface area contributed by atoms with Crippen molar-refractivity contribution in [2.45, 2.75) is 26.2 Å². The van der Waals surface area contributed by atoms with Gasteiger partial charge < -0.3 is 10.2 Å². The number of piperidine rings is 1. The van der Waals surface area contributed by atoms with Gasteiger partial charge in [0.25, 0.3) is 5.91 Å². The van der Waals surface area contributed by atoms with E-state index in [1.54, 1.807) is 12.1 Å². The van der Waals surface area contributed by atoms with Gasteiger partial charge >= 0.3 is 0 Å². The lowest BCUT2D eigenvalue weighted by molar-refractivity contribution is -0.130. The van der Waals surface area contributed by atoms with E-state index in [-0.39, 0.29) is 18.4 Å². The third-order valence-electron chi connectivity index (χ3n) is 3.42. The van der Waals surface area contributed by atoms with Crippen molar-refractivity contribution >= 4 is 11.8 Å². The third-order valence-corrected chi connectivity index (χ3v) is 3.42. The highest BCUT2D eigenvalue weighted by molar-refractivity contribution is 5.96. The average Bonchev–Trinajstić information content (AvgIpc) is 2.46. The van der Waals surface area contributed by atoms with Gasteiger partial charge in [-0.2, -0.15) is 0 Å². The number of hydrogen-bond acceptors (Lipinski definition) is 2. The van der Waals surface area contributed by atoms with Gasteiger partial charge in [0, 0.05) is 18.7 Å².